The smallest absolute Gasteiger partial charge is 0.280 e. The zero-order chi connectivity index (χ0) is 19.0. The minimum atomic E-state index is -3.05. The molecule has 1 N–H and O–H groups in total. The van der Waals surface area contributed by atoms with E-state index in [1.165, 1.54) is 0 Å². The van der Waals surface area contributed by atoms with E-state index in [9.17, 15) is 22.4 Å². The molecule has 5 nitrogen and oxygen atoms in total. The Morgan fingerprint density at radius 1 is 1.04 bits per heavy atom. The summed E-state index contributed by atoms with van der Waals surface area (Å²) in [6.07, 6.45) is -6.06. The number of carbonyl (C=O) groups is 1. The van der Waals surface area contributed by atoms with Crippen molar-refractivity contribution >= 4 is 17.2 Å². The number of hydrogen-bond donors (Lipinski definition) is 1. The van der Waals surface area contributed by atoms with E-state index in [0.717, 1.165) is 17.2 Å². The van der Waals surface area contributed by atoms with Crippen molar-refractivity contribution in [1.82, 2.24) is 14.6 Å². The molecule has 0 aliphatic carbocycles. The molecular formula is C17H14F4N4O. The molecule has 0 fully saturated rings. The Hall–Kier alpha value is -2.97. The number of nitrogens with zero attached hydrogens (tertiary/aromatic N) is 3. The third-order valence-corrected chi connectivity index (χ3v) is 3.92. The molecule has 0 radical (unpaired) electrons. The van der Waals surface area contributed by atoms with Crippen LogP contribution in [0.15, 0.2) is 30.3 Å². The molecule has 0 aliphatic heterocycles. The van der Waals surface area contributed by atoms with Crippen molar-refractivity contribution in [3.05, 3.63) is 58.5 Å². The van der Waals surface area contributed by atoms with Crippen LogP contribution in [0.2, 0.25) is 0 Å². The van der Waals surface area contributed by atoms with Crippen molar-refractivity contribution in [2.24, 2.45) is 0 Å². The predicted octanol–water partition coefficient (Wildman–Crippen LogP) is 4.47. The third kappa shape index (κ3) is 3.37. The van der Waals surface area contributed by atoms with Gasteiger partial charge in [0.05, 0.1) is 0 Å². The van der Waals surface area contributed by atoms with Gasteiger partial charge in [0.2, 0.25) is 0 Å². The van der Waals surface area contributed by atoms with E-state index in [2.05, 4.69) is 15.4 Å². The number of aryl methyl sites for hydroxylation is 2. The second kappa shape index (κ2) is 6.74. The first-order valence-corrected chi connectivity index (χ1v) is 7.62. The normalized spacial score (nSPS) is 11.5. The number of carbonyl (C=O) groups excluding carboxylic acids is 1. The van der Waals surface area contributed by atoms with Gasteiger partial charge in [0.1, 0.15) is 11.4 Å². The molecular weight excluding hydrogens is 352 g/mol. The molecule has 0 unspecified atom stereocenters. The van der Waals surface area contributed by atoms with Gasteiger partial charge in [-0.2, -0.15) is 5.10 Å². The van der Waals surface area contributed by atoms with Crippen LogP contribution in [-0.2, 0) is 0 Å². The summed E-state index contributed by atoms with van der Waals surface area (Å²) in [4.78, 5) is 15.9. The van der Waals surface area contributed by atoms with Gasteiger partial charge >= 0.3 is 0 Å². The monoisotopic (exact) mass is 366 g/mol. The standard InChI is InChI=1S/C17H14F4N4O/c1-8-3-4-10(5-9(8)2)22-17(26)12-7-14-23-11(15(18)19)6-13(16(20)21)25(14)24-12/h3-7,15-16H,1-2H3,(H,22,26). The van der Waals surface area contributed by atoms with Gasteiger partial charge in [-0.3, -0.25) is 4.79 Å². The molecule has 2 heterocycles. The molecule has 0 spiro atoms. The Morgan fingerprint density at radius 2 is 1.77 bits per heavy atom. The van der Waals surface area contributed by atoms with E-state index in [0.29, 0.717) is 16.3 Å². The Kier molecular flexibility index (Phi) is 4.62. The predicted molar refractivity (Wildman–Crippen MR) is 86.8 cm³/mol. The number of benzene rings is 1. The summed E-state index contributed by atoms with van der Waals surface area (Å²) in [6, 6.07) is 6.93. The first kappa shape index (κ1) is 17.8. The van der Waals surface area contributed by atoms with E-state index in [-0.39, 0.29) is 11.3 Å². The molecule has 0 saturated carbocycles. The van der Waals surface area contributed by atoms with Gasteiger partial charge < -0.3 is 5.32 Å². The van der Waals surface area contributed by atoms with Crippen LogP contribution in [0.4, 0.5) is 23.2 Å². The van der Waals surface area contributed by atoms with E-state index >= 15 is 0 Å². The minimum Gasteiger partial charge on any atom is -0.321 e. The van der Waals surface area contributed by atoms with Crippen LogP contribution in [-0.4, -0.2) is 20.5 Å². The summed E-state index contributed by atoms with van der Waals surface area (Å²) in [7, 11) is 0. The average molecular weight is 366 g/mol. The van der Waals surface area contributed by atoms with Gasteiger partial charge in [0, 0.05) is 11.8 Å². The lowest BCUT2D eigenvalue weighted by atomic mass is 10.1. The highest BCUT2D eigenvalue weighted by molar-refractivity contribution is 6.03. The number of halogens is 4. The van der Waals surface area contributed by atoms with Gasteiger partial charge in [-0.1, -0.05) is 6.07 Å². The maximum atomic E-state index is 13.1. The molecule has 1 amide bonds. The number of alkyl halides is 4. The number of fused-ring (bicyclic) bond motifs is 1. The highest BCUT2D eigenvalue weighted by atomic mass is 19.3. The molecule has 3 rings (SSSR count). The van der Waals surface area contributed by atoms with Gasteiger partial charge in [-0.25, -0.2) is 27.1 Å². The van der Waals surface area contributed by atoms with Crippen molar-refractivity contribution in [3.63, 3.8) is 0 Å². The van der Waals surface area contributed by atoms with Gasteiger partial charge in [0.25, 0.3) is 18.8 Å². The summed E-state index contributed by atoms with van der Waals surface area (Å²) in [5.74, 6) is -0.655. The topological polar surface area (TPSA) is 59.3 Å². The largest absolute Gasteiger partial charge is 0.321 e. The minimum absolute atomic E-state index is 0.205. The van der Waals surface area contributed by atoms with E-state index in [4.69, 9.17) is 0 Å². The summed E-state index contributed by atoms with van der Waals surface area (Å²) >= 11 is 0. The second-order valence-electron chi connectivity index (χ2n) is 5.76. The van der Waals surface area contributed by atoms with Crippen LogP contribution in [0.25, 0.3) is 5.65 Å². The zero-order valence-corrected chi connectivity index (χ0v) is 13.8. The van der Waals surface area contributed by atoms with Crippen molar-refractivity contribution in [1.29, 1.82) is 0 Å². The summed E-state index contributed by atoms with van der Waals surface area (Å²) in [5.41, 5.74) is 0.504. The number of aromatic nitrogens is 3. The third-order valence-electron chi connectivity index (χ3n) is 3.92. The first-order valence-electron chi connectivity index (χ1n) is 7.62. The van der Waals surface area contributed by atoms with Gasteiger partial charge in [-0.05, 0) is 43.2 Å². The van der Waals surface area contributed by atoms with Crippen molar-refractivity contribution in [2.45, 2.75) is 26.7 Å². The lowest BCUT2D eigenvalue weighted by molar-refractivity contribution is 0.102. The molecule has 0 saturated heterocycles. The highest BCUT2D eigenvalue weighted by Crippen LogP contribution is 2.25. The fraction of sp³-hybridized carbons (Fsp3) is 0.235. The second-order valence-corrected chi connectivity index (χ2v) is 5.76. The maximum absolute atomic E-state index is 13.1. The van der Waals surface area contributed by atoms with E-state index in [1.807, 2.05) is 19.9 Å². The summed E-state index contributed by atoms with van der Waals surface area (Å²) in [5, 5.41) is 6.38. The van der Waals surface area contributed by atoms with Crippen molar-refractivity contribution < 1.29 is 22.4 Å². The zero-order valence-electron chi connectivity index (χ0n) is 13.8. The highest BCUT2D eigenvalue weighted by Gasteiger charge is 2.22. The molecule has 0 bridgehead atoms. The Bertz CT molecular complexity index is 984. The number of rotatable bonds is 4. The van der Waals surface area contributed by atoms with E-state index < -0.39 is 30.1 Å². The van der Waals surface area contributed by atoms with Crippen molar-refractivity contribution in [2.75, 3.05) is 5.32 Å². The molecule has 9 heteroatoms. The number of hydrogen-bond acceptors (Lipinski definition) is 3. The first-order chi connectivity index (χ1) is 12.3. The molecule has 3 aromatic rings. The van der Waals surface area contributed by atoms with Crippen LogP contribution in [0.3, 0.4) is 0 Å². The fourth-order valence-electron chi connectivity index (χ4n) is 2.41. The fourth-order valence-corrected chi connectivity index (χ4v) is 2.41. The van der Waals surface area contributed by atoms with Gasteiger partial charge in [-0.15, -0.1) is 0 Å². The van der Waals surface area contributed by atoms with Crippen LogP contribution in [0.1, 0.15) is 45.9 Å². The average Bonchev–Trinajstić information content (AvgIpc) is 3.01. The van der Waals surface area contributed by atoms with Crippen LogP contribution in [0.5, 0.6) is 0 Å². The number of anilines is 1. The summed E-state index contributed by atoms with van der Waals surface area (Å²) < 4.78 is 52.7. The quantitative estimate of drug-likeness (QED) is 0.693. The molecule has 2 aromatic heterocycles. The number of nitrogens with one attached hydrogen (secondary N) is 1. The maximum Gasteiger partial charge on any atom is 0.280 e. The van der Waals surface area contributed by atoms with Crippen molar-refractivity contribution in [3.8, 4) is 0 Å². The Labute approximate surface area is 145 Å². The Balaban J connectivity index is 1.98. The molecule has 0 aliphatic rings. The molecule has 136 valence electrons. The molecule has 1 aromatic carbocycles. The SMILES string of the molecule is Cc1ccc(NC(=O)c2cc3nc(C(F)F)cc(C(F)F)n3n2)cc1C. The van der Waals surface area contributed by atoms with Crippen LogP contribution < -0.4 is 5.32 Å². The van der Waals surface area contributed by atoms with Crippen LogP contribution >= 0.6 is 0 Å². The summed E-state index contributed by atoms with van der Waals surface area (Å²) in [6.45, 7) is 3.79. The lowest BCUT2D eigenvalue weighted by Crippen LogP contribution is -2.13. The Morgan fingerprint density at radius 3 is 2.38 bits per heavy atom. The number of amides is 1. The van der Waals surface area contributed by atoms with Gasteiger partial charge in [0.15, 0.2) is 11.3 Å². The lowest BCUT2D eigenvalue weighted by Gasteiger charge is -2.06. The van der Waals surface area contributed by atoms with E-state index in [1.54, 1.807) is 12.1 Å². The molecule has 26 heavy (non-hydrogen) atoms. The van der Waals surface area contributed by atoms with Crippen LogP contribution in [0, 0.1) is 13.8 Å². The molecule has 0 atom stereocenters.